The summed E-state index contributed by atoms with van der Waals surface area (Å²) >= 11 is 0. The summed E-state index contributed by atoms with van der Waals surface area (Å²) in [6, 6.07) is 5.68. The van der Waals surface area contributed by atoms with Crippen LogP contribution in [-0.2, 0) is 6.54 Å². The molecule has 1 saturated heterocycles. The zero-order valence-corrected chi connectivity index (χ0v) is 15.1. The van der Waals surface area contributed by atoms with Crippen LogP contribution in [0.1, 0.15) is 43.4 Å². The molecule has 1 aliphatic heterocycles. The summed E-state index contributed by atoms with van der Waals surface area (Å²) in [7, 11) is 0. The van der Waals surface area contributed by atoms with Crippen molar-refractivity contribution in [2.45, 2.75) is 52.7 Å². The van der Waals surface area contributed by atoms with Crippen LogP contribution in [0, 0.1) is 19.8 Å². The van der Waals surface area contributed by atoms with E-state index in [2.05, 4.69) is 17.9 Å². The highest BCUT2D eigenvalue weighted by molar-refractivity contribution is 5.81. The molecule has 1 atom stereocenters. The standard InChI is InChI=1S/C20H27NO3/c1-13-8-17-15(10-19(22)24-18(17)9-14(13)2)11-21-7-5-6-16(12-21)20(3,4)23/h8-10,16,23H,5-7,11-12H2,1-4H3. The van der Waals surface area contributed by atoms with Crippen LogP contribution in [0.2, 0.25) is 0 Å². The minimum Gasteiger partial charge on any atom is -0.423 e. The number of hydrogen-bond acceptors (Lipinski definition) is 4. The summed E-state index contributed by atoms with van der Waals surface area (Å²) < 4.78 is 5.39. The Labute approximate surface area is 143 Å². The summed E-state index contributed by atoms with van der Waals surface area (Å²) in [4.78, 5) is 14.3. The molecule has 3 rings (SSSR count). The Hall–Kier alpha value is -1.65. The third-order valence-electron chi connectivity index (χ3n) is 5.34. The van der Waals surface area contributed by atoms with Crippen LogP contribution in [0.3, 0.4) is 0 Å². The molecule has 0 amide bonds. The van der Waals surface area contributed by atoms with Crippen molar-refractivity contribution in [1.82, 2.24) is 4.90 Å². The first-order valence-corrected chi connectivity index (χ1v) is 8.73. The van der Waals surface area contributed by atoms with E-state index in [-0.39, 0.29) is 11.5 Å². The predicted octanol–water partition coefficient (Wildman–Crippen LogP) is 3.39. The fourth-order valence-electron chi connectivity index (χ4n) is 3.63. The third-order valence-corrected chi connectivity index (χ3v) is 5.34. The van der Waals surface area contributed by atoms with E-state index in [1.807, 2.05) is 26.8 Å². The van der Waals surface area contributed by atoms with Gasteiger partial charge in [0.15, 0.2) is 0 Å². The van der Waals surface area contributed by atoms with Crippen molar-refractivity contribution >= 4 is 11.0 Å². The van der Waals surface area contributed by atoms with Gasteiger partial charge in [-0.1, -0.05) is 0 Å². The van der Waals surface area contributed by atoms with Crippen molar-refractivity contribution in [1.29, 1.82) is 0 Å². The number of rotatable bonds is 3. The van der Waals surface area contributed by atoms with Crippen molar-refractivity contribution in [2.75, 3.05) is 13.1 Å². The maximum absolute atomic E-state index is 11.9. The molecule has 0 saturated carbocycles. The first-order chi connectivity index (χ1) is 11.2. The average Bonchev–Trinajstić information content (AvgIpc) is 2.49. The van der Waals surface area contributed by atoms with E-state index >= 15 is 0 Å². The van der Waals surface area contributed by atoms with E-state index in [1.54, 1.807) is 6.07 Å². The first-order valence-electron chi connectivity index (χ1n) is 8.73. The number of aryl methyl sites for hydroxylation is 2. The zero-order chi connectivity index (χ0) is 17.5. The lowest BCUT2D eigenvalue weighted by molar-refractivity contribution is -0.0197. The molecule has 0 aliphatic carbocycles. The lowest BCUT2D eigenvalue weighted by Crippen LogP contribution is -2.44. The van der Waals surface area contributed by atoms with Gasteiger partial charge in [0.1, 0.15) is 5.58 Å². The Morgan fingerprint density at radius 3 is 2.67 bits per heavy atom. The lowest BCUT2D eigenvalue weighted by atomic mass is 9.84. The number of aliphatic hydroxyl groups is 1. The van der Waals surface area contributed by atoms with Crippen molar-refractivity contribution in [3.63, 3.8) is 0 Å². The van der Waals surface area contributed by atoms with E-state index in [4.69, 9.17) is 4.42 Å². The van der Waals surface area contributed by atoms with Crippen LogP contribution in [0.15, 0.2) is 27.4 Å². The van der Waals surface area contributed by atoms with Gasteiger partial charge in [0, 0.05) is 24.5 Å². The second-order valence-electron chi connectivity index (χ2n) is 7.75. The molecular weight excluding hydrogens is 302 g/mol. The molecule has 4 nitrogen and oxygen atoms in total. The lowest BCUT2D eigenvalue weighted by Gasteiger charge is -2.38. The fraction of sp³-hybridized carbons (Fsp3) is 0.550. The van der Waals surface area contributed by atoms with Crippen molar-refractivity contribution in [3.05, 3.63) is 45.3 Å². The Morgan fingerprint density at radius 2 is 1.96 bits per heavy atom. The van der Waals surface area contributed by atoms with E-state index in [0.29, 0.717) is 5.58 Å². The van der Waals surface area contributed by atoms with Gasteiger partial charge < -0.3 is 9.52 Å². The Bertz CT molecular complexity index is 801. The van der Waals surface area contributed by atoms with Crippen LogP contribution in [0.5, 0.6) is 0 Å². The molecule has 2 aromatic rings. The monoisotopic (exact) mass is 329 g/mol. The Morgan fingerprint density at radius 1 is 1.25 bits per heavy atom. The summed E-state index contributed by atoms with van der Waals surface area (Å²) in [5, 5.41) is 11.3. The normalized spacial score (nSPS) is 19.8. The molecule has 1 unspecified atom stereocenters. The van der Waals surface area contributed by atoms with Crippen LogP contribution in [0.25, 0.3) is 11.0 Å². The largest absolute Gasteiger partial charge is 0.423 e. The van der Waals surface area contributed by atoms with Gasteiger partial charge >= 0.3 is 5.63 Å². The topological polar surface area (TPSA) is 53.7 Å². The number of likely N-dealkylation sites (tertiary alicyclic amines) is 1. The molecule has 24 heavy (non-hydrogen) atoms. The average molecular weight is 329 g/mol. The Kier molecular flexibility index (Phi) is 4.54. The first kappa shape index (κ1) is 17.2. The number of piperidine rings is 1. The van der Waals surface area contributed by atoms with Gasteiger partial charge in [-0.05, 0) is 81.8 Å². The smallest absolute Gasteiger partial charge is 0.336 e. The Balaban J connectivity index is 1.92. The maximum atomic E-state index is 11.9. The second-order valence-corrected chi connectivity index (χ2v) is 7.75. The number of hydrogen-bond donors (Lipinski definition) is 1. The molecule has 1 aromatic heterocycles. The number of benzene rings is 1. The molecule has 0 radical (unpaired) electrons. The molecule has 1 N–H and O–H groups in total. The van der Waals surface area contributed by atoms with Crippen LogP contribution >= 0.6 is 0 Å². The maximum Gasteiger partial charge on any atom is 0.336 e. The van der Waals surface area contributed by atoms with Crippen molar-refractivity contribution < 1.29 is 9.52 Å². The second kappa shape index (κ2) is 6.34. The number of nitrogens with zero attached hydrogens (tertiary/aromatic N) is 1. The quantitative estimate of drug-likeness (QED) is 0.877. The van der Waals surface area contributed by atoms with Crippen LogP contribution in [0.4, 0.5) is 0 Å². The summed E-state index contributed by atoms with van der Waals surface area (Å²) in [5.41, 5.74) is 3.05. The van der Waals surface area contributed by atoms with Crippen LogP contribution < -0.4 is 5.63 Å². The van der Waals surface area contributed by atoms with Gasteiger partial charge in [0.2, 0.25) is 0 Å². The molecule has 4 heteroatoms. The molecule has 1 aliphatic rings. The minimum absolute atomic E-state index is 0.265. The van der Waals surface area contributed by atoms with Crippen molar-refractivity contribution in [3.8, 4) is 0 Å². The van der Waals surface area contributed by atoms with Gasteiger partial charge in [-0.3, -0.25) is 4.90 Å². The highest BCUT2D eigenvalue weighted by Gasteiger charge is 2.31. The third kappa shape index (κ3) is 3.55. The molecule has 2 heterocycles. The van der Waals surface area contributed by atoms with Gasteiger partial charge in [0.25, 0.3) is 0 Å². The molecule has 1 fully saturated rings. The SMILES string of the molecule is Cc1cc2oc(=O)cc(CN3CCCC(C(C)(C)O)C3)c2cc1C. The van der Waals surface area contributed by atoms with Gasteiger partial charge in [-0.15, -0.1) is 0 Å². The molecule has 130 valence electrons. The van der Waals surface area contributed by atoms with E-state index in [9.17, 15) is 9.90 Å². The summed E-state index contributed by atoms with van der Waals surface area (Å²) in [6.07, 6.45) is 2.13. The van der Waals surface area contributed by atoms with Gasteiger partial charge in [-0.2, -0.15) is 0 Å². The molecule has 0 spiro atoms. The molecular formula is C20H27NO3. The van der Waals surface area contributed by atoms with Crippen molar-refractivity contribution in [2.24, 2.45) is 5.92 Å². The highest BCUT2D eigenvalue weighted by atomic mass is 16.4. The molecule has 0 bridgehead atoms. The highest BCUT2D eigenvalue weighted by Crippen LogP contribution is 2.29. The summed E-state index contributed by atoms with van der Waals surface area (Å²) in [5.74, 6) is 0.265. The summed E-state index contributed by atoms with van der Waals surface area (Å²) in [6.45, 7) is 10.5. The van der Waals surface area contributed by atoms with E-state index in [0.717, 1.165) is 49.0 Å². The fourth-order valence-corrected chi connectivity index (χ4v) is 3.63. The van der Waals surface area contributed by atoms with Gasteiger partial charge in [-0.25, -0.2) is 4.79 Å². The predicted molar refractivity (Wildman–Crippen MR) is 96.3 cm³/mol. The minimum atomic E-state index is -0.663. The van der Waals surface area contributed by atoms with Crippen LogP contribution in [-0.4, -0.2) is 28.7 Å². The zero-order valence-electron chi connectivity index (χ0n) is 15.1. The molecule has 1 aromatic carbocycles. The van der Waals surface area contributed by atoms with Gasteiger partial charge in [0.05, 0.1) is 5.60 Å². The van der Waals surface area contributed by atoms with E-state index < -0.39 is 5.60 Å². The van der Waals surface area contributed by atoms with E-state index in [1.165, 1.54) is 5.56 Å². The number of fused-ring (bicyclic) bond motifs is 1.